The number of pyridine rings is 3. The number of Topliss-reactive ketones (excluding diaryl/α,β-unsaturated/α-hetero) is 2. The van der Waals surface area contributed by atoms with E-state index in [0.717, 1.165) is 112 Å². The predicted molar refractivity (Wildman–Crippen MR) is 341 cm³/mol. The van der Waals surface area contributed by atoms with Gasteiger partial charge in [0.1, 0.15) is 30.1 Å². The number of halogens is 3. The van der Waals surface area contributed by atoms with Gasteiger partial charge in [0.15, 0.2) is 17.9 Å². The van der Waals surface area contributed by atoms with Gasteiger partial charge in [-0.3, -0.25) is 43.7 Å². The van der Waals surface area contributed by atoms with Crippen LogP contribution >= 0.6 is 58.3 Å². The van der Waals surface area contributed by atoms with Crippen LogP contribution in [0.15, 0.2) is 97.1 Å². The number of nitrogens with two attached hydrogens (primary N) is 1. The van der Waals surface area contributed by atoms with E-state index in [-0.39, 0.29) is 56.9 Å². The summed E-state index contributed by atoms with van der Waals surface area (Å²) in [6.45, 7) is 15.3. The summed E-state index contributed by atoms with van der Waals surface area (Å²) in [5.41, 5.74) is 17.5. The molecule has 0 saturated heterocycles. The molecule has 452 valence electrons. The topological polar surface area (TPSA) is 275 Å². The van der Waals surface area contributed by atoms with Gasteiger partial charge in [0, 0.05) is 92.1 Å². The van der Waals surface area contributed by atoms with Crippen LogP contribution < -0.4 is 20.5 Å². The quantitative estimate of drug-likeness (QED) is 0.0293. The van der Waals surface area contributed by atoms with Crippen molar-refractivity contribution < 1.29 is 58.4 Å². The maximum Gasteiger partial charge on any atom is 0.328 e. The Hall–Kier alpha value is -7.91. The van der Waals surface area contributed by atoms with E-state index >= 15 is 0 Å². The molecular formula is C63H70Cl3N5O12S2. The number of ketones is 2. The molecule has 2 aromatic carbocycles. The van der Waals surface area contributed by atoms with Gasteiger partial charge in [-0.25, -0.2) is 4.79 Å². The minimum atomic E-state index is -1.31. The number of ether oxygens (including phenoxy) is 2. The number of hydrogen-bond acceptors (Lipinski definition) is 15. The zero-order valence-electron chi connectivity index (χ0n) is 46.6. The molecule has 7 heterocycles. The Bertz CT molecular complexity index is 3570. The number of thiophene rings is 2. The first-order chi connectivity index (χ1) is 38.8. The molecule has 85 heavy (non-hydrogen) atoms. The fraction of sp³-hybridized carbons (Fsp3) is 0.270. The summed E-state index contributed by atoms with van der Waals surface area (Å²) >= 11 is 15.7. The predicted octanol–water partition coefficient (Wildman–Crippen LogP) is 13.5. The Kier molecular flexibility index (Phi) is 29.9. The Morgan fingerprint density at radius 1 is 0.612 bits per heavy atom. The SMILES string of the molecule is C.C.CC(=O)c1ccc(-c2cc(Cl)c3c(c2)CC(CN)O3)s1.CC(=O)c1ccc(-c2cc(Cl)c3c(c2)CC(CNC(=O)/C=C/c2ccc(C)nc2C)O3)s1.Cc1ccc(/C=C/C(=O)O)c(C)n1.Cc1ccc(C=O)c(C)n1.Cl.O=C(O)CC(=O)O. The normalized spacial score (nSPS) is 13.0. The summed E-state index contributed by atoms with van der Waals surface area (Å²) in [5.74, 6) is -2.22. The van der Waals surface area contributed by atoms with Crippen LogP contribution in [-0.2, 0) is 32.0 Å². The number of rotatable bonds is 14. The van der Waals surface area contributed by atoms with Crippen molar-refractivity contribution in [2.24, 2.45) is 5.73 Å². The smallest absolute Gasteiger partial charge is 0.328 e. The Balaban J connectivity index is 0.000000398. The number of carbonyl (C=O) groups excluding carboxylic acids is 4. The lowest BCUT2D eigenvalue weighted by Gasteiger charge is -2.11. The minimum absolute atomic E-state index is 0. The van der Waals surface area contributed by atoms with Gasteiger partial charge in [-0.05, 0) is 163 Å². The molecule has 0 bridgehead atoms. The number of hydrogen-bond donors (Lipinski definition) is 5. The van der Waals surface area contributed by atoms with Gasteiger partial charge < -0.3 is 35.8 Å². The van der Waals surface area contributed by atoms with Gasteiger partial charge in [-0.1, -0.05) is 50.2 Å². The first kappa shape index (κ1) is 73.2. The highest BCUT2D eigenvalue weighted by Crippen LogP contribution is 2.42. The monoisotopic (exact) mass is 1260 g/mol. The van der Waals surface area contributed by atoms with Gasteiger partial charge in [0.25, 0.3) is 0 Å². The molecule has 0 radical (unpaired) electrons. The van der Waals surface area contributed by atoms with Crippen LogP contribution in [0.3, 0.4) is 0 Å². The molecule has 5 aromatic heterocycles. The second-order valence-electron chi connectivity index (χ2n) is 18.7. The van der Waals surface area contributed by atoms with Crippen molar-refractivity contribution in [1.82, 2.24) is 20.3 Å². The summed E-state index contributed by atoms with van der Waals surface area (Å²) in [5, 5.41) is 27.8. The van der Waals surface area contributed by atoms with Crippen molar-refractivity contribution in [2.45, 2.75) is 102 Å². The molecule has 0 saturated carbocycles. The second-order valence-corrected chi connectivity index (χ2v) is 21.7. The van der Waals surface area contributed by atoms with Gasteiger partial charge in [0.2, 0.25) is 5.91 Å². The van der Waals surface area contributed by atoms with Crippen LogP contribution in [0.2, 0.25) is 10.0 Å². The fourth-order valence-electron chi connectivity index (χ4n) is 7.97. The van der Waals surface area contributed by atoms with Crippen molar-refractivity contribution in [3.05, 3.63) is 179 Å². The number of aldehydes is 1. The Morgan fingerprint density at radius 3 is 1.36 bits per heavy atom. The minimum Gasteiger partial charge on any atom is -0.487 e. The molecule has 2 unspecified atom stereocenters. The van der Waals surface area contributed by atoms with Crippen molar-refractivity contribution >= 4 is 112 Å². The Morgan fingerprint density at radius 2 is 1.01 bits per heavy atom. The molecule has 2 atom stereocenters. The third-order valence-corrected chi connectivity index (χ3v) is 15.0. The molecule has 0 aliphatic carbocycles. The average Bonchev–Trinajstić information content (AvgIpc) is 3.01. The van der Waals surface area contributed by atoms with Gasteiger partial charge in [-0.2, -0.15) is 0 Å². The maximum atomic E-state index is 12.3. The number of amides is 1. The van der Waals surface area contributed by atoms with Crippen LogP contribution in [0.1, 0.15) is 121 Å². The molecule has 9 rings (SSSR count). The zero-order valence-corrected chi connectivity index (χ0v) is 50.5. The van der Waals surface area contributed by atoms with E-state index in [1.807, 2.05) is 114 Å². The molecule has 6 N–H and O–H groups in total. The number of aromatic nitrogens is 3. The molecule has 22 heteroatoms. The molecule has 7 aromatic rings. The lowest BCUT2D eigenvalue weighted by Crippen LogP contribution is -2.33. The number of nitrogens with one attached hydrogen (secondary N) is 1. The number of aliphatic carboxylic acids is 3. The van der Waals surface area contributed by atoms with Crippen LogP contribution in [-0.4, -0.2) is 97.2 Å². The number of carboxylic acids is 3. The van der Waals surface area contributed by atoms with Gasteiger partial charge >= 0.3 is 17.9 Å². The third-order valence-electron chi connectivity index (χ3n) is 12.0. The van der Waals surface area contributed by atoms with Crippen molar-refractivity contribution in [2.75, 3.05) is 13.1 Å². The molecule has 0 spiro atoms. The largest absolute Gasteiger partial charge is 0.487 e. The van der Waals surface area contributed by atoms with Crippen LogP contribution in [0.25, 0.3) is 33.0 Å². The molecule has 1 amide bonds. The van der Waals surface area contributed by atoms with Crippen LogP contribution in [0.4, 0.5) is 0 Å². The number of fused-ring (bicyclic) bond motifs is 2. The fourth-order valence-corrected chi connectivity index (χ4v) is 10.3. The van der Waals surface area contributed by atoms with E-state index in [1.54, 1.807) is 32.1 Å². The van der Waals surface area contributed by atoms with Crippen LogP contribution in [0, 0.1) is 41.5 Å². The second kappa shape index (κ2) is 34.8. The molecule has 17 nitrogen and oxygen atoms in total. The number of carbonyl (C=O) groups is 7. The molecule has 2 aliphatic rings. The lowest BCUT2D eigenvalue weighted by atomic mass is 10.1. The van der Waals surface area contributed by atoms with E-state index in [2.05, 4.69) is 26.3 Å². The molecule has 2 aliphatic heterocycles. The summed E-state index contributed by atoms with van der Waals surface area (Å²) in [7, 11) is 0. The highest BCUT2D eigenvalue weighted by atomic mass is 35.5. The lowest BCUT2D eigenvalue weighted by molar-refractivity contribution is -0.147. The van der Waals surface area contributed by atoms with E-state index in [0.29, 0.717) is 40.9 Å². The summed E-state index contributed by atoms with van der Waals surface area (Å²) in [6.07, 6.45) is 7.20. The molecule has 0 fully saturated rings. The summed E-state index contributed by atoms with van der Waals surface area (Å²) < 4.78 is 11.7. The molecular weight excluding hydrogens is 1190 g/mol. The van der Waals surface area contributed by atoms with E-state index in [4.69, 9.17) is 53.7 Å². The third kappa shape index (κ3) is 22.6. The maximum absolute atomic E-state index is 12.3. The number of carboxylic acid groups (broad SMARTS) is 3. The van der Waals surface area contributed by atoms with Crippen molar-refractivity contribution in [3.63, 3.8) is 0 Å². The van der Waals surface area contributed by atoms with E-state index < -0.39 is 24.3 Å². The van der Waals surface area contributed by atoms with E-state index in [9.17, 15) is 33.6 Å². The van der Waals surface area contributed by atoms with Crippen molar-refractivity contribution in [1.29, 1.82) is 0 Å². The standard InChI is InChI=1S/C25H23ClN2O3S.C15H14ClNO2S.C10H11NO2.C8H9NO.C3H4O4.2CH4.ClH/c1-14-4-5-17(15(2)28-14)6-9-24(30)27-13-20-11-19-10-18(12-21(26)25(19)31-20)23-8-7-22(32-23)16(3)29;1-8(18)13-2-3-14(20-13)9-4-10-5-11(7-17)19-15(10)12(16)6-9;1-7-3-4-9(8(2)11-7)5-6-10(12)13;1-6-3-4-8(5-10)7(2)9-6;4-2(5)1-3(6)7;;;/h4-10,12,20H,11,13H2,1-3H3,(H,27,30);2-4,6,11H,5,7,17H2,1H3;3-6H,1-2H3,(H,12,13);3-5H,1-2H3;1H2,(H,4,5)(H,6,7);2*1H4;1H/b9-6+;;6-5+;;;;;. The number of nitrogens with zero attached hydrogens (tertiary/aromatic N) is 3. The first-order valence-electron chi connectivity index (χ1n) is 25.3. The van der Waals surface area contributed by atoms with Crippen molar-refractivity contribution in [3.8, 4) is 32.4 Å². The Labute approximate surface area is 519 Å². The number of aryl methyl sites for hydroxylation is 6. The summed E-state index contributed by atoms with van der Waals surface area (Å²) in [6, 6.07) is 26.6. The average molecular weight is 1260 g/mol. The summed E-state index contributed by atoms with van der Waals surface area (Å²) in [4.78, 5) is 90.9. The van der Waals surface area contributed by atoms with Gasteiger partial charge in [-0.15, -0.1) is 35.1 Å². The highest BCUT2D eigenvalue weighted by Gasteiger charge is 2.27. The van der Waals surface area contributed by atoms with E-state index in [1.165, 1.54) is 28.7 Å². The zero-order chi connectivity index (χ0) is 60.4. The highest BCUT2D eigenvalue weighted by molar-refractivity contribution is 7.17. The van der Waals surface area contributed by atoms with Gasteiger partial charge in [0.05, 0.1) is 26.3 Å². The first-order valence-corrected chi connectivity index (χ1v) is 27.7. The van der Waals surface area contributed by atoms with Crippen LogP contribution in [0.5, 0.6) is 11.5 Å². The number of benzene rings is 2.